The van der Waals surface area contributed by atoms with Gasteiger partial charge in [0, 0.05) is 24.6 Å². The maximum absolute atomic E-state index is 13.7. The smallest absolute Gasteiger partial charge is 0.305 e. The van der Waals surface area contributed by atoms with Crippen LogP contribution in [0.5, 0.6) is 0 Å². The van der Waals surface area contributed by atoms with Crippen molar-refractivity contribution in [1.82, 2.24) is 9.97 Å². The Morgan fingerprint density at radius 1 is 1.25 bits per heavy atom. The minimum absolute atomic E-state index is 0.00245. The first-order valence-electron chi connectivity index (χ1n) is 11.5. The normalized spacial score (nSPS) is 20.1. The van der Waals surface area contributed by atoms with Crippen molar-refractivity contribution in [2.75, 3.05) is 17.6 Å². The molecule has 2 heterocycles. The lowest BCUT2D eigenvalue weighted by Gasteiger charge is -2.39. The third-order valence-electron chi connectivity index (χ3n) is 5.67. The summed E-state index contributed by atoms with van der Waals surface area (Å²) >= 11 is 0. The highest BCUT2D eigenvalue weighted by molar-refractivity contribution is 7.92. The fourth-order valence-electron chi connectivity index (χ4n) is 3.99. The molecule has 1 aliphatic rings. The average Bonchev–Trinajstić information content (AvgIpc) is 2.75. The molecule has 1 saturated heterocycles. The largest absolute Gasteiger partial charge is 0.481 e. The quantitative estimate of drug-likeness (QED) is 0.549. The van der Waals surface area contributed by atoms with Crippen LogP contribution in [0.25, 0.3) is 17.3 Å². The van der Waals surface area contributed by atoms with Gasteiger partial charge in [0.2, 0.25) is 16.0 Å². The van der Waals surface area contributed by atoms with Crippen LogP contribution in [-0.2, 0) is 24.3 Å². The van der Waals surface area contributed by atoms with E-state index < -0.39 is 39.8 Å². The highest BCUT2D eigenvalue weighted by Gasteiger charge is 2.35. The lowest BCUT2D eigenvalue weighted by Crippen LogP contribution is -2.44. The van der Waals surface area contributed by atoms with E-state index in [9.17, 15) is 22.7 Å². The summed E-state index contributed by atoms with van der Waals surface area (Å²) in [7, 11) is -2.25. The first-order valence-corrected chi connectivity index (χ1v) is 13.4. The van der Waals surface area contributed by atoms with Gasteiger partial charge < -0.3 is 14.6 Å². The van der Waals surface area contributed by atoms with E-state index in [2.05, 4.69) is 9.97 Å². The van der Waals surface area contributed by atoms with Gasteiger partial charge in [-0.25, -0.2) is 27.1 Å². The van der Waals surface area contributed by atoms with E-state index in [1.54, 1.807) is 38.1 Å². The second kappa shape index (κ2) is 10.6. The van der Waals surface area contributed by atoms with Gasteiger partial charge in [0.15, 0.2) is 5.79 Å². The molecule has 1 fully saturated rings. The number of sulfonamides is 1. The number of benzene rings is 1. The predicted molar refractivity (Wildman–Crippen MR) is 134 cm³/mol. The highest BCUT2D eigenvalue weighted by Crippen LogP contribution is 2.33. The van der Waals surface area contributed by atoms with Crippen molar-refractivity contribution in [3.8, 4) is 11.3 Å². The standard InChI is InChI=1S/C25H32FN3O6S/c1-15(2)22-20(12-11-18-13-19(14-21(30)31)35-25(3,4)34-18)23(16-7-9-17(26)10-8-16)28-24(27-22)29(5)36(6,32)33/h7-12,15,18-19H,13-14H2,1-6H3,(H,30,31)/t18-,19-/m1/s1. The number of carboxylic acids is 1. The Hall–Kier alpha value is -2.89. The molecule has 2 atom stereocenters. The van der Waals surface area contributed by atoms with Crippen LogP contribution in [0, 0.1) is 5.82 Å². The number of hydrogen-bond acceptors (Lipinski definition) is 7. The molecule has 11 heteroatoms. The minimum atomic E-state index is -3.63. The molecule has 1 aromatic carbocycles. The van der Waals surface area contributed by atoms with Crippen LogP contribution in [0.15, 0.2) is 30.3 Å². The zero-order valence-corrected chi connectivity index (χ0v) is 22.0. The summed E-state index contributed by atoms with van der Waals surface area (Å²) in [6.07, 6.45) is 3.88. The van der Waals surface area contributed by atoms with E-state index in [4.69, 9.17) is 9.47 Å². The molecular weight excluding hydrogens is 489 g/mol. The predicted octanol–water partition coefficient (Wildman–Crippen LogP) is 4.20. The molecule has 0 aliphatic carbocycles. The van der Waals surface area contributed by atoms with Gasteiger partial charge in [0.25, 0.3) is 0 Å². The van der Waals surface area contributed by atoms with Crippen molar-refractivity contribution < 1.29 is 32.2 Å². The van der Waals surface area contributed by atoms with Crippen molar-refractivity contribution in [3.63, 3.8) is 0 Å². The fourth-order valence-corrected chi connectivity index (χ4v) is 4.36. The number of carboxylic acid groups (broad SMARTS) is 1. The lowest BCUT2D eigenvalue weighted by molar-refractivity contribution is -0.290. The third-order valence-corrected chi connectivity index (χ3v) is 6.83. The first-order chi connectivity index (χ1) is 16.7. The molecule has 1 N–H and O–H groups in total. The maximum Gasteiger partial charge on any atom is 0.305 e. The van der Waals surface area contributed by atoms with Gasteiger partial charge in [-0.1, -0.05) is 26.0 Å². The number of anilines is 1. The highest BCUT2D eigenvalue weighted by atomic mass is 32.2. The molecule has 3 rings (SSSR count). The van der Waals surface area contributed by atoms with Gasteiger partial charge in [-0.3, -0.25) is 4.79 Å². The van der Waals surface area contributed by atoms with E-state index >= 15 is 0 Å². The Morgan fingerprint density at radius 2 is 1.89 bits per heavy atom. The van der Waals surface area contributed by atoms with Crippen LogP contribution in [0.2, 0.25) is 0 Å². The van der Waals surface area contributed by atoms with Crippen LogP contribution in [0.4, 0.5) is 10.3 Å². The zero-order chi connectivity index (χ0) is 26.8. The topological polar surface area (TPSA) is 119 Å². The van der Waals surface area contributed by atoms with E-state index in [0.717, 1.165) is 10.6 Å². The molecule has 1 aliphatic heterocycles. The summed E-state index contributed by atoms with van der Waals surface area (Å²) < 4.78 is 50.8. The molecule has 0 unspecified atom stereocenters. The van der Waals surface area contributed by atoms with Crippen molar-refractivity contribution in [2.24, 2.45) is 0 Å². The van der Waals surface area contributed by atoms with E-state index in [-0.39, 0.29) is 18.3 Å². The van der Waals surface area contributed by atoms with E-state index in [1.807, 2.05) is 13.8 Å². The molecule has 0 amide bonds. The summed E-state index contributed by atoms with van der Waals surface area (Å²) in [6, 6.07) is 5.75. The second-order valence-electron chi connectivity index (χ2n) is 9.55. The van der Waals surface area contributed by atoms with Gasteiger partial charge in [0.1, 0.15) is 5.82 Å². The maximum atomic E-state index is 13.7. The van der Waals surface area contributed by atoms with Gasteiger partial charge in [-0.15, -0.1) is 0 Å². The van der Waals surface area contributed by atoms with Crippen LogP contribution in [0.3, 0.4) is 0 Å². The monoisotopic (exact) mass is 521 g/mol. The first kappa shape index (κ1) is 27.7. The molecule has 0 bridgehead atoms. The van der Waals surface area contributed by atoms with Gasteiger partial charge in [-0.2, -0.15) is 0 Å². The van der Waals surface area contributed by atoms with Gasteiger partial charge >= 0.3 is 5.97 Å². The summed E-state index contributed by atoms with van der Waals surface area (Å²) in [5, 5.41) is 9.21. The lowest BCUT2D eigenvalue weighted by atomic mass is 9.97. The van der Waals surface area contributed by atoms with Crippen molar-refractivity contribution in [1.29, 1.82) is 0 Å². The summed E-state index contributed by atoms with van der Waals surface area (Å²) in [6.45, 7) is 7.30. The average molecular weight is 522 g/mol. The Labute approximate surface area is 211 Å². The number of ether oxygens (including phenoxy) is 2. The van der Waals surface area contributed by atoms with E-state index in [0.29, 0.717) is 28.9 Å². The number of aliphatic carboxylic acids is 1. The molecule has 0 saturated carbocycles. The minimum Gasteiger partial charge on any atom is -0.481 e. The Bertz CT molecular complexity index is 1250. The molecule has 36 heavy (non-hydrogen) atoms. The number of aromatic nitrogens is 2. The third kappa shape index (κ3) is 6.86. The van der Waals surface area contributed by atoms with Crippen LogP contribution in [-0.4, -0.2) is 60.8 Å². The Balaban J connectivity index is 2.13. The Kier molecular flexibility index (Phi) is 8.17. The van der Waals surface area contributed by atoms with Gasteiger partial charge in [0.05, 0.1) is 36.3 Å². The molecule has 1 aromatic heterocycles. The summed E-state index contributed by atoms with van der Waals surface area (Å²) in [4.78, 5) is 20.3. The van der Waals surface area contributed by atoms with Gasteiger partial charge in [-0.05, 0) is 44.0 Å². The van der Waals surface area contributed by atoms with E-state index in [1.165, 1.54) is 19.2 Å². The number of nitrogens with zero attached hydrogens (tertiary/aromatic N) is 3. The van der Waals surface area contributed by atoms with Crippen molar-refractivity contribution >= 4 is 28.0 Å². The number of carbonyl (C=O) groups is 1. The molecular formula is C25H32FN3O6S. The summed E-state index contributed by atoms with van der Waals surface area (Å²) in [5.41, 5.74) is 2.24. The molecule has 0 spiro atoms. The number of rotatable bonds is 8. The molecule has 9 nitrogen and oxygen atoms in total. The van der Waals surface area contributed by atoms with Crippen molar-refractivity contribution in [2.45, 2.75) is 64.4 Å². The zero-order valence-electron chi connectivity index (χ0n) is 21.2. The fraction of sp³-hybridized carbons (Fsp3) is 0.480. The number of hydrogen-bond donors (Lipinski definition) is 1. The number of halogens is 1. The van der Waals surface area contributed by atoms with Crippen LogP contribution >= 0.6 is 0 Å². The second-order valence-corrected chi connectivity index (χ2v) is 11.6. The summed E-state index contributed by atoms with van der Waals surface area (Å²) in [5.74, 6) is -2.45. The molecule has 196 valence electrons. The Morgan fingerprint density at radius 3 is 2.44 bits per heavy atom. The molecule has 0 radical (unpaired) electrons. The molecule has 2 aromatic rings. The van der Waals surface area contributed by atoms with Crippen LogP contribution < -0.4 is 4.31 Å². The van der Waals surface area contributed by atoms with Crippen LogP contribution in [0.1, 0.15) is 57.7 Å². The van der Waals surface area contributed by atoms with Crippen molar-refractivity contribution in [3.05, 3.63) is 47.4 Å². The SMILES string of the molecule is CC(C)c1nc(N(C)S(C)(=O)=O)nc(-c2ccc(F)cc2)c1C=C[C@@H]1C[C@H](CC(=O)O)OC(C)(C)O1.